The van der Waals surface area contributed by atoms with E-state index in [0.717, 1.165) is 11.3 Å². The van der Waals surface area contributed by atoms with Crippen molar-refractivity contribution in [2.24, 2.45) is 16.7 Å². The SMILES string of the molecule is C=C(C)C(=O)O.CC1(C)CCC2CC21C. The van der Waals surface area contributed by atoms with Crippen LogP contribution in [0.2, 0.25) is 0 Å². The lowest BCUT2D eigenvalue weighted by Gasteiger charge is -2.27. The summed E-state index contributed by atoms with van der Waals surface area (Å²) in [6, 6.07) is 0. The Morgan fingerprint density at radius 2 is 1.87 bits per heavy atom. The molecule has 2 heteroatoms. The molecule has 2 atom stereocenters. The Balaban J connectivity index is 0.000000167. The van der Waals surface area contributed by atoms with Gasteiger partial charge in [-0.05, 0) is 42.9 Å². The van der Waals surface area contributed by atoms with Crippen molar-refractivity contribution in [3.63, 3.8) is 0 Å². The molecule has 15 heavy (non-hydrogen) atoms. The van der Waals surface area contributed by atoms with Crippen molar-refractivity contribution in [3.8, 4) is 0 Å². The molecular formula is C13H22O2. The Labute approximate surface area is 92.4 Å². The van der Waals surface area contributed by atoms with Crippen LogP contribution >= 0.6 is 0 Å². The number of rotatable bonds is 1. The largest absolute Gasteiger partial charge is 0.478 e. The summed E-state index contributed by atoms with van der Waals surface area (Å²) >= 11 is 0. The van der Waals surface area contributed by atoms with E-state index in [1.807, 2.05) is 0 Å². The minimum Gasteiger partial charge on any atom is -0.478 e. The van der Waals surface area contributed by atoms with Crippen molar-refractivity contribution < 1.29 is 9.90 Å². The molecule has 0 amide bonds. The van der Waals surface area contributed by atoms with Crippen LogP contribution in [-0.4, -0.2) is 11.1 Å². The van der Waals surface area contributed by atoms with Gasteiger partial charge in [-0.1, -0.05) is 27.4 Å². The first-order chi connectivity index (χ1) is 6.71. The number of fused-ring (bicyclic) bond motifs is 1. The summed E-state index contributed by atoms with van der Waals surface area (Å²) in [4.78, 5) is 9.60. The van der Waals surface area contributed by atoms with E-state index in [4.69, 9.17) is 5.11 Å². The second kappa shape index (κ2) is 3.66. The van der Waals surface area contributed by atoms with E-state index in [2.05, 4.69) is 27.4 Å². The predicted octanol–water partition coefficient (Wildman–Crippen LogP) is 3.48. The van der Waals surface area contributed by atoms with Gasteiger partial charge in [-0.3, -0.25) is 0 Å². The number of aliphatic carboxylic acids is 1. The van der Waals surface area contributed by atoms with Crippen molar-refractivity contribution in [1.82, 2.24) is 0 Å². The quantitative estimate of drug-likeness (QED) is 0.673. The normalized spacial score (nSPS) is 34.8. The van der Waals surface area contributed by atoms with Gasteiger partial charge in [0.25, 0.3) is 0 Å². The first kappa shape index (κ1) is 12.3. The topological polar surface area (TPSA) is 37.3 Å². The number of carboxylic acid groups (broad SMARTS) is 1. The number of carbonyl (C=O) groups is 1. The summed E-state index contributed by atoms with van der Waals surface area (Å²) in [6.07, 6.45) is 4.48. The first-order valence-electron chi connectivity index (χ1n) is 5.59. The second-order valence-electron chi connectivity index (χ2n) is 5.83. The third-order valence-electron chi connectivity index (χ3n) is 4.44. The van der Waals surface area contributed by atoms with E-state index in [1.165, 1.54) is 26.2 Å². The summed E-state index contributed by atoms with van der Waals surface area (Å²) in [5.74, 6) is 0.169. The van der Waals surface area contributed by atoms with Crippen molar-refractivity contribution in [2.75, 3.05) is 0 Å². The van der Waals surface area contributed by atoms with Gasteiger partial charge in [0.2, 0.25) is 0 Å². The third kappa shape index (κ3) is 2.24. The van der Waals surface area contributed by atoms with Gasteiger partial charge < -0.3 is 5.11 Å². The molecule has 0 radical (unpaired) electrons. The average Bonchev–Trinajstić information content (AvgIpc) is 2.71. The van der Waals surface area contributed by atoms with Crippen molar-refractivity contribution in [3.05, 3.63) is 12.2 Å². The molecule has 0 aliphatic heterocycles. The molecule has 0 aromatic rings. The average molecular weight is 210 g/mol. The van der Waals surface area contributed by atoms with E-state index in [-0.39, 0.29) is 5.57 Å². The molecule has 2 saturated carbocycles. The van der Waals surface area contributed by atoms with Gasteiger partial charge in [0, 0.05) is 5.57 Å². The molecule has 0 bridgehead atoms. The monoisotopic (exact) mass is 210 g/mol. The summed E-state index contributed by atoms with van der Waals surface area (Å²) in [5, 5.41) is 7.89. The minimum absolute atomic E-state index is 0.176. The van der Waals surface area contributed by atoms with Crippen LogP contribution in [0.15, 0.2) is 12.2 Å². The Morgan fingerprint density at radius 1 is 1.40 bits per heavy atom. The standard InChI is InChI=1S/C9H16.C4H6O2/c1-8(2)5-4-7-6-9(7,8)3;1-3(2)4(5)6/h7H,4-6H2,1-3H3;1H2,2H3,(H,5,6). The summed E-state index contributed by atoms with van der Waals surface area (Å²) in [7, 11) is 0. The maximum atomic E-state index is 9.60. The zero-order chi connectivity index (χ0) is 11.9. The molecule has 0 aromatic carbocycles. The van der Waals surface area contributed by atoms with Crippen LogP contribution in [0.3, 0.4) is 0 Å². The maximum absolute atomic E-state index is 9.60. The fourth-order valence-corrected chi connectivity index (χ4v) is 2.52. The minimum atomic E-state index is -0.935. The Hall–Kier alpha value is -0.790. The summed E-state index contributed by atoms with van der Waals surface area (Å²) in [6.45, 7) is 11.9. The maximum Gasteiger partial charge on any atom is 0.330 e. The van der Waals surface area contributed by atoms with Crippen LogP contribution in [0.5, 0.6) is 0 Å². The van der Waals surface area contributed by atoms with Crippen molar-refractivity contribution >= 4 is 5.97 Å². The molecule has 2 nitrogen and oxygen atoms in total. The van der Waals surface area contributed by atoms with Crippen molar-refractivity contribution in [1.29, 1.82) is 0 Å². The molecule has 0 saturated heterocycles. The van der Waals surface area contributed by atoms with Gasteiger partial charge >= 0.3 is 5.97 Å². The van der Waals surface area contributed by atoms with Gasteiger partial charge in [0.15, 0.2) is 0 Å². The summed E-state index contributed by atoms with van der Waals surface area (Å²) < 4.78 is 0. The van der Waals surface area contributed by atoms with Crippen molar-refractivity contribution in [2.45, 2.75) is 47.0 Å². The number of hydrogen-bond donors (Lipinski definition) is 1. The van der Waals surface area contributed by atoms with Crippen LogP contribution in [0.25, 0.3) is 0 Å². The molecule has 2 unspecified atom stereocenters. The first-order valence-corrected chi connectivity index (χ1v) is 5.59. The molecular weight excluding hydrogens is 188 g/mol. The molecule has 2 fully saturated rings. The van der Waals surface area contributed by atoms with Crippen LogP contribution < -0.4 is 0 Å². The van der Waals surface area contributed by atoms with E-state index < -0.39 is 5.97 Å². The molecule has 0 heterocycles. The zero-order valence-corrected chi connectivity index (χ0v) is 10.3. The van der Waals surface area contributed by atoms with E-state index in [0.29, 0.717) is 5.41 Å². The van der Waals surface area contributed by atoms with Crippen LogP contribution in [-0.2, 0) is 4.79 Å². The van der Waals surface area contributed by atoms with E-state index in [1.54, 1.807) is 0 Å². The van der Waals surface area contributed by atoms with E-state index in [9.17, 15) is 4.79 Å². The number of hydrogen-bond acceptors (Lipinski definition) is 1. The molecule has 0 aromatic heterocycles. The highest BCUT2D eigenvalue weighted by Gasteiger charge is 2.62. The highest BCUT2D eigenvalue weighted by Crippen LogP contribution is 2.71. The molecule has 86 valence electrons. The Morgan fingerprint density at radius 3 is 1.93 bits per heavy atom. The summed E-state index contributed by atoms with van der Waals surface area (Å²) in [5.41, 5.74) is 1.60. The lowest BCUT2D eigenvalue weighted by Crippen LogP contribution is -2.18. The Bertz CT molecular complexity index is 274. The molecule has 0 spiro atoms. The smallest absolute Gasteiger partial charge is 0.330 e. The van der Waals surface area contributed by atoms with Gasteiger partial charge in [-0.25, -0.2) is 4.79 Å². The highest BCUT2D eigenvalue weighted by atomic mass is 16.4. The van der Waals surface area contributed by atoms with Gasteiger partial charge in [-0.15, -0.1) is 0 Å². The van der Waals surface area contributed by atoms with Crippen LogP contribution in [0, 0.1) is 16.7 Å². The predicted molar refractivity (Wildman–Crippen MR) is 61.7 cm³/mol. The van der Waals surface area contributed by atoms with E-state index >= 15 is 0 Å². The molecule has 2 aliphatic carbocycles. The van der Waals surface area contributed by atoms with Gasteiger partial charge in [0.1, 0.15) is 0 Å². The van der Waals surface area contributed by atoms with Crippen LogP contribution in [0.1, 0.15) is 47.0 Å². The highest BCUT2D eigenvalue weighted by molar-refractivity contribution is 5.84. The molecule has 2 rings (SSSR count). The zero-order valence-electron chi connectivity index (χ0n) is 10.3. The fourth-order valence-electron chi connectivity index (χ4n) is 2.52. The fraction of sp³-hybridized carbons (Fsp3) is 0.769. The lowest BCUT2D eigenvalue weighted by atomic mass is 9.78. The molecule has 1 N–H and O–H groups in total. The lowest BCUT2D eigenvalue weighted by molar-refractivity contribution is -0.132. The van der Waals surface area contributed by atoms with Gasteiger partial charge in [0.05, 0.1) is 0 Å². The Kier molecular flexibility index (Phi) is 2.99. The molecule has 2 aliphatic rings. The number of carboxylic acids is 1. The third-order valence-corrected chi connectivity index (χ3v) is 4.44. The second-order valence-corrected chi connectivity index (χ2v) is 5.83. The van der Waals surface area contributed by atoms with Gasteiger partial charge in [-0.2, -0.15) is 0 Å². The van der Waals surface area contributed by atoms with Crippen LogP contribution in [0.4, 0.5) is 0 Å².